The Morgan fingerprint density at radius 1 is 1.22 bits per heavy atom. The number of rotatable bonds is 7. The number of aryl methyl sites for hydroxylation is 2. The lowest BCUT2D eigenvalue weighted by Crippen LogP contribution is -2.35. The van der Waals surface area contributed by atoms with Crippen LogP contribution in [0.25, 0.3) is 10.6 Å². The highest BCUT2D eigenvalue weighted by atomic mass is 32.1. The average Bonchev–Trinajstić information content (AvgIpc) is 3.37. The van der Waals surface area contributed by atoms with E-state index in [0.717, 1.165) is 38.9 Å². The molecule has 4 rings (SSSR count). The van der Waals surface area contributed by atoms with E-state index in [1.54, 1.807) is 0 Å². The van der Waals surface area contributed by atoms with Crippen LogP contribution < -0.4 is 10.2 Å². The molecule has 1 aliphatic rings. The third kappa shape index (κ3) is 4.80. The van der Waals surface area contributed by atoms with Crippen molar-refractivity contribution in [3.63, 3.8) is 0 Å². The summed E-state index contributed by atoms with van der Waals surface area (Å²) in [4.78, 5) is 30.5. The van der Waals surface area contributed by atoms with Gasteiger partial charge in [-0.3, -0.25) is 9.59 Å². The van der Waals surface area contributed by atoms with Crippen LogP contribution in [-0.2, 0) is 14.3 Å². The number of para-hydroxylation sites is 1. The zero-order valence-electron chi connectivity index (χ0n) is 18.4. The van der Waals surface area contributed by atoms with Gasteiger partial charge < -0.3 is 15.0 Å². The van der Waals surface area contributed by atoms with Gasteiger partial charge in [-0.1, -0.05) is 30.3 Å². The van der Waals surface area contributed by atoms with Crippen molar-refractivity contribution in [3.05, 3.63) is 59.4 Å². The van der Waals surface area contributed by atoms with Gasteiger partial charge in [-0.05, 0) is 55.1 Å². The second-order valence-corrected chi connectivity index (χ2v) is 8.67. The van der Waals surface area contributed by atoms with Crippen molar-refractivity contribution in [1.82, 2.24) is 9.36 Å². The molecular formula is C24H26N4O3S. The van der Waals surface area contributed by atoms with E-state index in [0.29, 0.717) is 19.6 Å². The number of hydrogen-bond donors (Lipinski definition) is 1. The maximum atomic E-state index is 13.1. The summed E-state index contributed by atoms with van der Waals surface area (Å²) in [7, 11) is 0. The summed E-state index contributed by atoms with van der Waals surface area (Å²) >= 11 is 1.37. The average molecular weight is 451 g/mol. The van der Waals surface area contributed by atoms with Crippen LogP contribution in [0.2, 0.25) is 0 Å². The smallest absolute Gasteiger partial charge is 0.302 e. The number of nitrogens with zero attached hydrogens (tertiary/aromatic N) is 3. The first-order chi connectivity index (χ1) is 15.4. The Morgan fingerprint density at radius 2 is 2.03 bits per heavy atom. The minimum Gasteiger partial charge on any atom is -0.466 e. The fourth-order valence-electron chi connectivity index (χ4n) is 3.95. The van der Waals surface area contributed by atoms with Crippen LogP contribution >= 0.6 is 11.5 Å². The van der Waals surface area contributed by atoms with Crippen molar-refractivity contribution in [2.75, 3.05) is 29.9 Å². The molecule has 0 bridgehead atoms. The number of benzene rings is 2. The highest BCUT2D eigenvalue weighted by molar-refractivity contribution is 7.09. The van der Waals surface area contributed by atoms with Crippen LogP contribution in [-0.4, -0.2) is 40.9 Å². The predicted octanol–water partition coefficient (Wildman–Crippen LogP) is 4.32. The molecule has 1 atom stereocenters. The van der Waals surface area contributed by atoms with Crippen molar-refractivity contribution in [2.24, 2.45) is 0 Å². The van der Waals surface area contributed by atoms with Crippen molar-refractivity contribution < 1.29 is 14.3 Å². The molecule has 1 amide bonds. The van der Waals surface area contributed by atoms with E-state index in [2.05, 4.69) is 14.7 Å². The van der Waals surface area contributed by atoms with Gasteiger partial charge in [0.25, 0.3) is 0 Å². The molecule has 1 N–H and O–H groups in total. The number of hydrogen-bond acceptors (Lipinski definition) is 7. The number of fused-ring (bicyclic) bond motifs is 1. The van der Waals surface area contributed by atoms with E-state index in [-0.39, 0.29) is 24.3 Å². The van der Waals surface area contributed by atoms with Gasteiger partial charge in [0.05, 0.1) is 13.2 Å². The number of amides is 1. The lowest BCUT2D eigenvalue weighted by atomic mass is 9.98. The molecule has 0 radical (unpaired) electrons. The van der Waals surface area contributed by atoms with E-state index in [4.69, 9.17) is 4.74 Å². The number of ether oxygens (including phenoxy) is 1. The normalized spacial score (nSPS) is 14.8. The zero-order valence-corrected chi connectivity index (χ0v) is 19.2. The molecule has 1 aliphatic heterocycles. The third-order valence-corrected chi connectivity index (χ3v) is 6.44. The molecule has 1 aromatic heterocycles. The number of anilines is 2. The predicted molar refractivity (Wildman–Crippen MR) is 126 cm³/mol. The molecule has 0 aliphatic carbocycles. The van der Waals surface area contributed by atoms with Gasteiger partial charge >= 0.3 is 5.97 Å². The van der Waals surface area contributed by atoms with Gasteiger partial charge in [0.15, 0.2) is 0 Å². The lowest BCUT2D eigenvalue weighted by molar-refractivity contribution is -0.141. The Morgan fingerprint density at radius 3 is 2.78 bits per heavy atom. The lowest BCUT2D eigenvalue weighted by Gasteiger charge is -2.19. The molecule has 2 heterocycles. The van der Waals surface area contributed by atoms with Gasteiger partial charge in [-0.2, -0.15) is 4.37 Å². The summed E-state index contributed by atoms with van der Waals surface area (Å²) in [6, 6.07) is 14.0. The SMILES string of the molecule is CC(=O)OCCC1CN(C(=O)CNc2cc(-c3nc(C)ns3)ccc2C)c2ccccc21. The second-order valence-electron chi connectivity index (χ2n) is 7.92. The largest absolute Gasteiger partial charge is 0.466 e. The van der Waals surface area contributed by atoms with Gasteiger partial charge in [0.2, 0.25) is 5.91 Å². The number of carbonyl (C=O) groups excluding carboxylic acids is 2. The van der Waals surface area contributed by atoms with E-state index in [1.807, 2.05) is 61.2 Å². The molecule has 3 aromatic rings. The molecule has 0 saturated heterocycles. The molecular weight excluding hydrogens is 424 g/mol. The maximum absolute atomic E-state index is 13.1. The number of carbonyl (C=O) groups is 2. The Bertz CT molecular complexity index is 1140. The van der Waals surface area contributed by atoms with Crippen molar-refractivity contribution in [3.8, 4) is 10.6 Å². The van der Waals surface area contributed by atoms with E-state index >= 15 is 0 Å². The first kappa shape index (κ1) is 22.0. The summed E-state index contributed by atoms with van der Waals surface area (Å²) < 4.78 is 9.37. The van der Waals surface area contributed by atoms with Gasteiger partial charge in [-0.15, -0.1) is 0 Å². The molecule has 0 spiro atoms. The van der Waals surface area contributed by atoms with Crippen LogP contribution in [0, 0.1) is 13.8 Å². The molecule has 1 unspecified atom stereocenters. The number of nitrogens with one attached hydrogen (secondary N) is 1. The number of aromatic nitrogens is 2. The summed E-state index contributed by atoms with van der Waals surface area (Å²) in [5.41, 5.74) is 5.00. The van der Waals surface area contributed by atoms with Gasteiger partial charge in [-0.25, -0.2) is 4.98 Å². The number of esters is 1. The van der Waals surface area contributed by atoms with Crippen molar-refractivity contribution in [1.29, 1.82) is 0 Å². The van der Waals surface area contributed by atoms with Gasteiger partial charge in [0, 0.05) is 36.3 Å². The first-order valence-corrected chi connectivity index (χ1v) is 11.4. The van der Waals surface area contributed by atoms with Crippen LogP contribution in [0.4, 0.5) is 11.4 Å². The van der Waals surface area contributed by atoms with Crippen molar-refractivity contribution >= 4 is 34.8 Å². The molecule has 32 heavy (non-hydrogen) atoms. The molecule has 2 aromatic carbocycles. The minimum atomic E-state index is -0.283. The van der Waals surface area contributed by atoms with Crippen LogP contribution in [0.1, 0.15) is 36.2 Å². The van der Waals surface area contributed by atoms with Crippen LogP contribution in [0.3, 0.4) is 0 Å². The molecule has 0 saturated carbocycles. The van der Waals surface area contributed by atoms with E-state index in [1.165, 1.54) is 18.5 Å². The Balaban J connectivity index is 1.45. The fourth-order valence-corrected chi connectivity index (χ4v) is 4.61. The van der Waals surface area contributed by atoms with Crippen molar-refractivity contribution in [2.45, 2.75) is 33.1 Å². The second kappa shape index (κ2) is 9.48. The summed E-state index contributed by atoms with van der Waals surface area (Å²) in [6.07, 6.45) is 0.691. The van der Waals surface area contributed by atoms with Crippen LogP contribution in [0.15, 0.2) is 42.5 Å². The monoisotopic (exact) mass is 450 g/mol. The highest BCUT2D eigenvalue weighted by Gasteiger charge is 2.31. The molecule has 166 valence electrons. The Kier molecular flexibility index (Phi) is 6.50. The summed E-state index contributed by atoms with van der Waals surface area (Å²) in [6.45, 7) is 6.42. The Hall–Kier alpha value is -3.26. The quantitative estimate of drug-likeness (QED) is 0.540. The highest BCUT2D eigenvalue weighted by Crippen LogP contribution is 2.38. The molecule has 8 heteroatoms. The van der Waals surface area contributed by atoms with Gasteiger partial charge in [0.1, 0.15) is 10.8 Å². The summed E-state index contributed by atoms with van der Waals surface area (Å²) in [5, 5.41) is 4.17. The molecule has 7 nitrogen and oxygen atoms in total. The van der Waals surface area contributed by atoms with Crippen LogP contribution in [0.5, 0.6) is 0 Å². The van der Waals surface area contributed by atoms with E-state index in [9.17, 15) is 9.59 Å². The molecule has 0 fully saturated rings. The van der Waals surface area contributed by atoms with E-state index < -0.39 is 0 Å². The summed E-state index contributed by atoms with van der Waals surface area (Å²) in [5.74, 6) is 0.630. The minimum absolute atomic E-state index is 0.00370. The first-order valence-electron chi connectivity index (χ1n) is 10.6. The third-order valence-electron chi connectivity index (χ3n) is 5.59. The standard InChI is InChI=1S/C24H26N4O3S/c1-15-8-9-18(24-26-16(2)27-32-24)12-21(15)25-13-23(30)28-14-19(10-11-31-17(3)29)20-6-4-5-7-22(20)28/h4-9,12,19,25H,10-11,13-14H2,1-3H3. The topological polar surface area (TPSA) is 84.4 Å². The Labute approximate surface area is 191 Å². The maximum Gasteiger partial charge on any atom is 0.302 e. The fraction of sp³-hybridized carbons (Fsp3) is 0.333. The zero-order chi connectivity index (χ0) is 22.7.